The Bertz CT molecular complexity index is 8120. The van der Waals surface area contributed by atoms with E-state index in [1.165, 1.54) is 133 Å². The van der Waals surface area contributed by atoms with Crippen LogP contribution in [-0.4, -0.2) is 83.4 Å². The second-order valence-corrected chi connectivity index (χ2v) is 37.2. The van der Waals surface area contributed by atoms with Crippen LogP contribution in [0.4, 0.5) is 0 Å². The Kier molecular flexibility index (Phi) is 40.9. The zero-order valence-corrected chi connectivity index (χ0v) is 96.0. The van der Waals surface area contributed by atoms with Crippen molar-refractivity contribution in [1.29, 1.82) is 0 Å². The average molecular weight is 2730 g/mol. The summed E-state index contributed by atoms with van der Waals surface area (Å²) >= 11 is 3.57. The molecule has 0 bridgehead atoms. The normalized spacial score (nSPS) is 11.1. The van der Waals surface area contributed by atoms with E-state index >= 15 is 0 Å². The van der Waals surface area contributed by atoms with Crippen molar-refractivity contribution in [1.82, 2.24) is 39.9 Å². The Morgan fingerprint density at radius 1 is 0.300 bits per heavy atom. The van der Waals surface area contributed by atoms with Crippen molar-refractivity contribution in [3.63, 3.8) is 0 Å². The summed E-state index contributed by atoms with van der Waals surface area (Å²) in [5, 5.41) is 38.3. The number of aliphatic hydroxyl groups excluding tert-OH is 4. The molecule has 0 saturated carbocycles. The molecule has 26 heteroatoms. The fourth-order valence-electron chi connectivity index (χ4n) is 17.1. The molecular formula is C124H104Ir4N8O12S2-4. The Labute approximate surface area is 931 Å². The molecule has 4 N–H and O–H groups in total. The van der Waals surface area contributed by atoms with Crippen LogP contribution in [0.25, 0.3) is 197 Å². The summed E-state index contributed by atoms with van der Waals surface area (Å²) in [4.78, 5) is 77.3. The molecule has 0 unspecified atom stereocenters. The fourth-order valence-corrected chi connectivity index (χ4v) is 19.4. The molecule has 10 aromatic heterocycles. The summed E-state index contributed by atoms with van der Waals surface area (Å²) in [6.45, 7) is 28.2. The van der Waals surface area contributed by atoms with Gasteiger partial charge in [-0.1, -0.05) is 185 Å². The van der Waals surface area contributed by atoms with Crippen molar-refractivity contribution in [3.8, 4) is 112 Å². The van der Waals surface area contributed by atoms with E-state index in [1.54, 1.807) is 36.6 Å². The van der Waals surface area contributed by atoms with Gasteiger partial charge in [-0.25, -0.2) is 19.9 Å². The summed E-state index contributed by atoms with van der Waals surface area (Å²) in [6, 6.07) is 105. The number of rotatable bonds is 14. The maximum atomic E-state index is 10.0. The van der Waals surface area contributed by atoms with Crippen molar-refractivity contribution in [2.24, 2.45) is 0 Å². The number of allylic oxidation sites excluding steroid dienone is 8. The summed E-state index contributed by atoms with van der Waals surface area (Å²) in [5.74, 6) is 2.13. The number of carbonyl (C=O) groups is 4. The Hall–Kier alpha value is -15.0. The van der Waals surface area contributed by atoms with Crippen LogP contribution in [0, 0.1) is 79.7 Å². The van der Waals surface area contributed by atoms with Crippen LogP contribution in [0.5, 0.6) is 0 Å². The Balaban J connectivity index is 0.000000173. The van der Waals surface area contributed by atoms with Gasteiger partial charge in [0.2, 0.25) is 0 Å². The minimum Gasteiger partial charge on any atom is -0.512 e. The standard InChI is InChI=1S/C28H21N2O2.C28H21N2OS.C24H15N2O.C24H15N2S.4C5H8O2.4Ir/c1-15-9-16(2)11-19(10-15)26-28-22(29-14-30-26)13-24(32-28)25-17(3)12-21-20-7-5-6-8-23(20)31-27(21)18(25)4;1-15-9-16(2)11-19(10-15)26-27-22(29-14-30-26)13-23(31-27)25-17(3)12-21-20-7-5-6-8-24(20)32-28(21)18(25)4;2*1-3-8-17(9-4-1)19-12-7-13-20(14-19)23-24-21(25-16-26-23)15-22(27-24)18-10-5-2-6-11-18;4*1-4(6)3-5(2)7;;;;/h2*5-10,12-14H,1-4H3;2*1-12,14-16H;4*3,6H,1-2H3;;;;/q4*-1;;;;;;;;. The first-order valence-corrected chi connectivity index (χ1v) is 48.5. The van der Waals surface area contributed by atoms with Crippen LogP contribution in [0.3, 0.4) is 0 Å². The van der Waals surface area contributed by atoms with Crippen molar-refractivity contribution in [3.05, 3.63) is 408 Å². The molecule has 4 radical (unpaired) electrons. The third kappa shape index (κ3) is 28.9. The SMILES string of the molecule is CC(=O)C=C(C)O.CC(=O)C=C(C)O.CC(=O)C=C(C)O.CC(=O)C=C(C)O.Cc1[c-]c(-c2ncnc3cc(-c4c(C)cc5c(oc6ccccc65)c4C)oc23)cc(C)c1.Cc1[c-]c(-c2ncnc3cc(-c4c(C)cc5c(sc6ccccc65)c4C)oc23)cc(C)c1.[Ir].[Ir].[Ir].[Ir].[c-]1ccc(-c2ccccc2)cc1-c1ncnc2cc(-c3ccccc3)oc12.[c-]1ccc(-c2ccccc2)cc1-c1ncnc2cc(-c3ccccc3)sc12. The Morgan fingerprint density at radius 2 is 0.667 bits per heavy atom. The average Bonchev–Trinajstić information content (AvgIpc) is 1.59. The molecule has 764 valence electrons. The van der Waals surface area contributed by atoms with Crippen LogP contribution < -0.4 is 0 Å². The summed E-state index contributed by atoms with van der Waals surface area (Å²) in [5.41, 5.74) is 32.3. The molecular weight excluding hydrogens is 2630 g/mol. The largest absolute Gasteiger partial charge is 0.512 e. The number of carbonyl (C=O) groups excluding carboxylic acids is 4. The maximum absolute atomic E-state index is 10.0. The summed E-state index contributed by atoms with van der Waals surface area (Å²) < 4.78 is 29.0. The summed E-state index contributed by atoms with van der Waals surface area (Å²) in [6.07, 6.45) is 11.1. The van der Waals surface area contributed by atoms with Crippen LogP contribution in [-0.2, 0) is 99.6 Å². The molecule has 12 aromatic carbocycles. The van der Waals surface area contributed by atoms with E-state index in [0.29, 0.717) is 16.7 Å². The smallest absolute Gasteiger partial charge is 0.155 e. The van der Waals surface area contributed by atoms with Gasteiger partial charge in [0.05, 0.1) is 28.6 Å². The van der Waals surface area contributed by atoms with Crippen molar-refractivity contribution >= 4 is 131 Å². The number of hydrogen-bond acceptors (Lipinski definition) is 22. The van der Waals surface area contributed by atoms with Gasteiger partial charge in [-0.15, -0.1) is 163 Å². The zero-order chi connectivity index (χ0) is 104. The minimum atomic E-state index is -0.125. The molecule has 0 fully saturated rings. The van der Waals surface area contributed by atoms with E-state index in [1.807, 2.05) is 127 Å². The second kappa shape index (κ2) is 53.2. The van der Waals surface area contributed by atoms with Crippen LogP contribution in [0.15, 0.2) is 357 Å². The first kappa shape index (κ1) is 115. The van der Waals surface area contributed by atoms with Gasteiger partial charge in [-0.2, -0.15) is 0 Å². The molecule has 22 rings (SSSR count). The molecule has 0 amide bonds. The van der Waals surface area contributed by atoms with Crippen LogP contribution in [0.1, 0.15) is 99.9 Å². The van der Waals surface area contributed by atoms with Gasteiger partial charge >= 0.3 is 0 Å². The van der Waals surface area contributed by atoms with Gasteiger partial charge < -0.3 is 38.1 Å². The molecule has 0 atom stereocenters. The van der Waals surface area contributed by atoms with Crippen molar-refractivity contribution in [2.45, 2.75) is 111 Å². The van der Waals surface area contributed by atoms with E-state index < -0.39 is 0 Å². The third-order valence-corrected chi connectivity index (χ3v) is 25.3. The van der Waals surface area contributed by atoms with Gasteiger partial charge in [-0.05, 0) is 147 Å². The number of benzene rings is 12. The quantitative estimate of drug-likeness (QED) is 0.0446. The van der Waals surface area contributed by atoms with Gasteiger partial charge in [0.1, 0.15) is 87.1 Å². The maximum Gasteiger partial charge on any atom is 0.155 e. The molecule has 0 aliphatic carbocycles. The van der Waals surface area contributed by atoms with Gasteiger partial charge in [0.25, 0.3) is 0 Å². The third-order valence-electron chi connectivity index (χ3n) is 22.8. The number of aryl methyl sites for hydroxylation is 8. The van der Waals surface area contributed by atoms with Crippen molar-refractivity contribution < 1.29 is 138 Å². The molecule has 0 saturated heterocycles. The Morgan fingerprint density at radius 3 is 1.10 bits per heavy atom. The van der Waals surface area contributed by atoms with E-state index in [2.05, 4.69) is 270 Å². The van der Waals surface area contributed by atoms with Crippen LogP contribution >= 0.6 is 22.7 Å². The number of aromatic nitrogens is 8. The molecule has 0 aliphatic heterocycles. The summed E-state index contributed by atoms with van der Waals surface area (Å²) in [7, 11) is 0. The number of para-hydroxylation sites is 1. The number of ketones is 4. The monoisotopic (exact) mass is 2730 g/mol. The predicted molar refractivity (Wildman–Crippen MR) is 589 cm³/mol. The zero-order valence-electron chi connectivity index (χ0n) is 84.8. The first-order chi connectivity index (χ1) is 70.3. The predicted octanol–water partition coefficient (Wildman–Crippen LogP) is 32.1. The topological polar surface area (TPSA) is 305 Å². The van der Waals surface area contributed by atoms with Gasteiger partial charge in [0, 0.05) is 208 Å². The molecule has 20 nitrogen and oxygen atoms in total. The van der Waals surface area contributed by atoms with E-state index in [-0.39, 0.29) is 127 Å². The number of hydrogen-bond donors (Lipinski definition) is 4. The number of aliphatic hydroxyl groups is 4. The second-order valence-electron chi connectivity index (χ2n) is 35.1. The number of thiophene rings is 2. The molecule has 150 heavy (non-hydrogen) atoms. The fraction of sp³-hybridized carbons (Fsp3) is 0.129. The minimum absolute atomic E-state index is 0. The van der Waals surface area contributed by atoms with E-state index in [9.17, 15) is 19.2 Å². The van der Waals surface area contributed by atoms with E-state index in [0.717, 1.165) is 172 Å². The first-order valence-electron chi connectivity index (χ1n) is 46.9. The number of fused-ring (bicyclic) bond motifs is 10. The number of nitrogens with zero attached hydrogens (tertiary/aromatic N) is 8. The molecule has 22 aromatic rings. The van der Waals surface area contributed by atoms with Crippen LogP contribution in [0.2, 0.25) is 0 Å². The van der Waals surface area contributed by atoms with Gasteiger partial charge in [-0.3, -0.25) is 39.1 Å². The van der Waals surface area contributed by atoms with Gasteiger partial charge in [0.15, 0.2) is 23.1 Å². The molecule has 0 spiro atoms. The van der Waals surface area contributed by atoms with E-state index in [4.69, 9.17) is 38.1 Å². The van der Waals surface area contributed by atoms with Crippen molar-refractivity contribution in [2.75, 3.05) is 0 Å². The molecule has 10 heterocycles. The number of furan rings is 4. The molecule has 0 aliphatic rings.